The molecule has 174 valence electrons. The zero-order chi connectivity index (χ0) is 24.1. The lowest BCUT2D eigenvalue weighted by Gasteiger charge is -2.14. The van der Waals surface area contributed by atoms with Gasteiger partial charge in [0.2, 0.25) is 0 Å². The van der Waals surface area contributed by atoms with Gasteiger partial charge < -0.3 is 14.2 Å². The van der Waals surface area contributed by atoms with E-state index < -0.39 is 11.8 Å². The number of benzene rings is 3. The molecule has 0 bridgehead atoms. The molecule has 0 atom stereocenters. The van der Waals surface area contributed by atoms with E-state index in [1.807, 2.05) is 19.1 Å². The van der Waals surface area contributed by atoms with E-state index in [9.17, 15) is 9.59 Å². The van der Waals surface area contributed by atoms with Crippen LogP contribution in [0.5, 0.6) is 17.2 Å². The summed E-state index contributed by atoms with van der Waals surface area (Å²) in [5.74, 6) is 0.812. The van der Waals surface area contributed by atoms with Gasteiger partial charge in [-0.15, -0.1) is 0 Å². The lowest BCUT2D eigenvalue weighted by atomic mass is 10.1. The standard InChI is InChI=1S/C26H23ClN2O5/c1-17-14-20(9-10-22(17)27)33-12-13-34-23-11-8-18(16-24(23)32-2)15-21-25(30)28-29(26(21)31)19-6-4-3-5-7-19/h3-11,14-16H,12-13H2,1-2H3,(H,28,30). The molecule has 3 aromatic rings. The number of hydrazine groups is 1. The summed E-state index contributed by atoms with van der Waals surface area (Å²) in [6.07, 6.45) is 1.53. The summed E-state index contributed by atoms with van der Waals surface area (Å²) in [4.78, 5) is 25.2. The molecule has 1 fully saturated rings. The molecule has 0 unspecified atom stereocenters. The molecule has 0 radical (unpaired) electrons. The molecule has 8 heteroatoms. The van der Waals surface area contributed by atoms with Crippen LogP contribution in [-0.4, -0.2) is 32.1 Å². The van der Waals surface area contributed by atoms with Crippen LogP contribution in [-0.2, 0) is 9.59 Å². The fraction of sp³-hybridized carbons (Fsp3) is 0.154. The van der Waals surface area contributed by atoms with Crippen LogP contribution < -0.4 is 24.6 Å². The highest BCUT2D eigenvalue weighted by Gasteiger charge is 2.34. The van der Waals surface area contributed by atoms with E-state index in [1.165, 1.54) is 18.2 Å². The number of para-hydroxylation sites is 1. The topological polar surface area (TPSA) is 77.1 Å². The predicted molar refractivity (Wildman–Crippen MR) is 130 cm³/mol. The molecule has 0 saturated carbocycles. The van der Waals surface area contributed by atoms with Crippen molar-refractivity contribution in [3.05, 3.63) is 88.5 Å². The molecule has 3 aromatic carbocycles. The molecule has 1 aliphatic heterocycles. The lowest BCUT2D eigenvalue weighted by molar-refractivity contribution is -0.117. The first-order valence-corrected chi connectivity index (χ1v) is 11.0. The van der Waals surface area contributed by atoms with Crippen LogP contribution in [0.15, 0.2) is 72.3 Å². The highest BCUT2D eigenvalue weighted by molar-refractivity contribution is 6.32. The quantitative estimate of drug-likeness (QED) is 0.291. The molecular formula is C26H23ClN2O5. The van der Waals surface area contributed by atoms with Gasteiger partial charge >= 0.3 is 0 Å². The third-order valence-corrected chi connectivity index (χ3v) is 5.57. The van der Waals surface area contributed by atoms with E-state index in [0.29, 0.717) is 46.7 Å². The molecule has 2 amide bonds. The van der Waals surface area contributed by atoms with Crippen LogP contribution in [0, 0.1) is 6.92 Å². The Morgan fingerprint density at radius 3 is 2.44 bits per heavy atom. The second-order valence-electron chi connectivity index (χ2n) is 7.49. The average molecular weight is 479 g/mol. The number of anilines is 1. The maximum Gasteiger partial charge on any atom is 0.282 e. The van der Waals surface area contributed by atoms with Crippen molar-refractivity contribution in [3.8, 4) is 17.2 Å². The number of halogens is 1. The minimum Gasteiger partial charge on any atom is -0.493 e. The monoisotopic (exact) mass is 478 g/mol. The van der Waals surface area contributed by atoms with Crippen molar-refractivity contribution < 1.29 is 23.8 Å². The number of hydrogen-bond donors (Lipinski definition) is 1. The second-order valence-corrected chi connectivity index (χ2v) is 7.90. The van der Waals surface area contributed by atoms with Crippen LogP contribution in [0.25, 0.3) is 6.08 Å². The first kappa shape index (κ1) is 23.2. The van der Waals surface area contributed by atoms with Crippen LogP contribution in [0.4, 0.5) is 5.69 Å². The zero-order valence-electron chi connectivity index (χ0n) is 18.7. The lowest BCUT2D eigenvalue weighted by Crippen LogP contribution is -2.35. The molecule has 7 nitrogen and oxygen atoms in total. The highest BCUT2D eigenvalue weighted by Crippen LogP contribution is 2.30. The van der Waals surface area contributed by atoms with Crippen molar-refractivity contribution in [1.29, 1.82) is 0 Å². The molecule has 1 saturated heterocycles. The van der Waals surface area contributed by atoms with Gasteiger partial charge in [0, 0.05) is 5.02 Å². The summed E-state index contributed by atoms with van der Waals surface area (Å²) in [6, 6.07) is 19.6. The first-order valence-electron chi connectivity index (χ1n) is 10.6. The minimum absolute atomic E-state index is 0.0335. The number of nitrogens with zero attached hydrogens (tertiary/aromatic N) is 1. The van der Waals surface area contributed by atoms with Gasteiger partial charge in [-0.1, -0.05) is 35.9 Å². The van der Waals surface area contributed by atoms with E-state index in [1.54, 1.807) is 54.6 Å². The molecule has 0 aliphatic carbocycles. The van der Waals surface area contributed by atoms with E-state index >= 15 is 0 Å². The Kier molecular flexibility index (Phi) is 7.04. The number of carbonyl (C=O) groups excluding carboxylic acids is 2. The van der Waals surface area contributed by atoms with Crippen LogP contribution in [0.1, 0.15) is 11.1 Å². The summed E-state index contributed by atoms with van der Waals surface area (Å²) < 4.78 is 16.9. The predicted octanol–water partition coefficient (Wildman–Crippen LogP) is 4.58. The zero-order valence-corrected chi connectivity index (χ0v) is 19.5. The van der Waals surface area contributed by atoms with Gasteiger partial charge in [-0.2, -0.15) is 0 Å². The SMILES string of the molecule is COc1cc(C=C2C(=O)NN(c3ccccc3)C2=O)ccc1OCCOc1ccc(Cl)c(C)c1. The van der Waals surface area contributed by atoms with Gasteiger partial charge in [0.05, 0.1) is 12.8 Å². The number of methoxy groups -OCH3 is 1. The number of aryl methyl sites for hydroxylation is 1. The first-order chi connectivity index (χ1) is 16.5. The van der Waals surface area contributed by atoms with E-state index in [4.69, 9.17) is 25.8 Å². The van der Waals surface area contributed by atoms with Gasteiger partial charge in [-0.25, -0.2) is 5.01 Å². The molecular weight excluding hydrogens is 456 g/mol. The molecule has 34 heavy (non-hydrogen) atoms. The van der Waals surface area contributed by atoms with Crippen LogP contribution >= 0.6 is 11.6 Å². The minimum atomic E-state index is -0.470. The number of hydrogen-bond acceptors (Lipinski definition) is 5. The average Bonchev–Trinajstić information content (AvgIpc) is 3.13. The van der Waals surface area contributed by atoms with E-state index in [0.717, 1.165) is 5.56 Å². The van der Waals surface area contributed by atoms with Crippen molar-refractivity contribution >= 4 is 35.2 Å². The fourth-order valence-corrected chi connectivity index (χ4v) is 3.51. The van der Waals surface area contributed by atoms with E-state index in [2.05, 4.69) is 5.43 Å². The summed E-state index contributed by atoms with van der Waals surface area (Å²) >= 11 is 6.03. The Morgan fingerprint density at radius 1 is 0.941 bits per heavy atom. The second kappa shape index (κ2) is 10.3. The van der Waals surface area contributed by atoms with Crippen LogP contribution in [0.2, 0.25) is 5.02 Å². The van der Waals surface area contributed by atoms with Crippen molar-refractivity contribution in [2.45, 2.75) is 6.92 Å². The number of amides is 2. The summed E-state index contributed by atoms with van der Waals surface area (Å²) in [7, 11) is 1.52. The summed E-state index contributed by atoms with van der Waals surface area (Å²) in [6.45, 7) is 2.54. The van der Waals surface area contributed by atoms with E-state index in [-0.39, 0.29) is 5.57 Å². The van der Waals surface area contributed by atoms with Gasteiger partial charge in [-0.3, -0.25) is 15.0 Å². The van der Waals surface area contributed by atoms with Crippen molar-refractivity contribution in [3.63, 3.8) is 0 Å². The number of carbonyl (C=O) groups is 2. The Bertz CT molecular complexity index is 1240. The van der Waals surface area contributed by atoms with Crippen molar-refractivity contribution in [2.75, 3.05) is 25.3 Å². The van der Waals surface area contributed by atoms with Gasteiger partial charge in [0.1, 0.15) is 24.5 Å². The smallest absolute Gasteiger partial charge is 0.282 e. The van der Waals surface area contributed by atoms with Crippen molar-refractivity contribution in [1.82, 2.24) is 5.43 Å². The molecule has 0 aromatic heterocycles. The largest absolute Gasteiger partial charge is 0.493 e. The number of rotatable bonds is 8. The number of ether oxygens (including phenoxy) is 3. The Morgan fingerprint density at radius 2 is 1.71 bits per heavy atom. The highest BCUT2D eigenvalue weighted by atomic mass is 35.5. The third-order valence-electron chi connectivity index (χ3n) is 5.14. The maximum absolute atomic E-state index is 12.8. The number of nitrogens with one attached hydrogen (secondary N) is 1. The Hall–Kier alpha value is -3.97. The van der Waals surface area contributed by atoms with Crippen LogP contribution in [0.3, 0.4) is 0 Å². The fourth-order valence-electron chi connectivity index (χ4n) is 3.39. The van der Waals surface area contributed by atoms with Gasteiger partial charge in [-0.05, 0) is 66.6 Å². The normalized spacial score (nSPS) is 14.3. The molecule has 1 heterocycles. The van der Waals surface area contributed by atoms with Gasteiger partial charge in [0.25, 0.3) is 11.8 Å². The van der Waals surface area contributed by atoms with Crippen molar-refractivity contribution in [2.24, 2.45) is 0 Å². The molecule has 4 rings (SSSR count). The summed E-state index contributed by atoms with van der Waals surface area (Å²) in [5.41, 5.74) is 4.77. The Balaban J connectivity index is 1.41. The maximum atomic E-state index is 12.8. The van der Waals surface area contributed by atoms with Gasteiger partial charge in [0.15, 0.2) is 11.5 Å². The molecule has 0 spiro atoms. The summed E-state index contributed by atoms with van der Waals surface area (Å²) in [5, 5.41) is 1.92. The third kappa shape index (κ3) is 5.15. The molecule has 1 N–H and O–H groups in total. The Labute approximate surface area is 202 Å². The molecule has 1 aliphatic rings.